The van der Waals surface area contributed by atoms with Gasteiger partial charge >= 0.3 is 5.97 Å². The Bertz CT molecular complexity index is 417. The fraction of sp³-hybridized carbons (Fsp3) is 0.111. The minimum Gasteiger partial charge on any atom is -0.452 e. The molecule has 0 bridgehead atoms. The van der Waals surface area contributed by atoms with Gasteiger partial charge in [-0.3, -0.25) is 4.79 Å². The van der Waals surface area contributed by atoms with E-state index in [-0.39, 0.29) is 23.1 Å². The van der Waals surface area contributed by atoms with Crippen molar-refractivity contribution in [1.29, 1.82) is 0 Å². The van der Waals surface area contributed by atoms with Gasteiger partial charge in [0, 0.05) is 0 Å². The van der Waals surface area contributed by atoms with Crippen molar-refractivity contribution >= 4 is 29.2 Å². The summed E-state index contributed by atoms with van der Waals surface area (Å²) in [7, 11) is 0. The van der Waals surface area contributed by atoms with E-state index >= 15 is 0 Å². The molecule has 1 aliphatic rings. The van der Waals surface area contributed by atoms with Crippen LogP contribution in [0.5, 0.6) is 0 Å². The molecule has 1 heterocycles. The van der Waals surface area contributed by atoms with Crippen molar-refractivity contribution in [2.75, 3.05) is 11.9 Å². The van der Waals surface area contributed by atoms with E-state index < -0.39 is 5.97 Å². The zero-order valence-electron chi connectivity index (χ0n) is 7.04. The van der Waals surface area contributed by atoms with Gasteiger partial charge in [-0.25, -0.2) is 4.79 Å². The molecule has 2 rings (SSSR count). The van der Waals surface area contributed by atoms with Gasteiger partial charge in [0.05, 0.1) is 10.7 Å². The summed E-state index contributed by atoms with van der Waals surface area (Å²) in [5, 5.41) is 2.80. The molecule has 1 amide bonds. The first kappa shape index (κ1) is 9.02. The first-order chi connectivity index (χ1) is 6.68. The fourth-order valence-corrected chi connectivity index (χ4v) is 1.48. The fourth-order valence-electron chi connectivity index (χ4n) is 1.23. The second-order valence-corrected chi connectivity index (χ2v) is 3.19. The monoisotopic (exact) mass is 211 g/mol. The quantitative estimate of drug-likeness (QED) is 0.661. The molecule has 1 aromatic rings. The van der Waals surface area contributed by atoms with Crippen LogP contribution in [0.15, 0.2) is 18.2 Å². The smallest absolute Gasteiger partial charge is 0.342 e. The molecule has 1 aromatic carbocycles. The number of ether oxygens (including phenoxy) is 1. The first-order valence-electron chi connectivity index (χ1n) is 3.94. The maximum atomic E-state index is 11.4. The lowest BCUT2D eigenvalue weighted by Gasteiger charge is -2.04. The Morgan fingerprint density at radius 2 is 2.14 bits per heavy atom. The van der Waals surface area contributed by atoms with Gasteiger partial charge in [0.15, 0.2) is 6.61 Å². The SMILES string of the molecule is O=C1COC(=O)c2c(Cl)cccc2N1. The van der Waals surface area contributed by atoms with Gasteiger partial charge in [-0.15, -0.1) is 0 Å². The van der Waals surface area contributed by atoms with Crippen molar-refractivity contribution in [3.63, 3.8) is 0 Å². The molecule has 1 aliphatic heterocycles. The van der Waals surface area contributed by atoms with Crippen LogP contribution in [0, 0.1) is 0 Å². The van der Waals surface area contributed by atoms with Gasteiger partial charge in [-0.05, 0) is 12.1 Å². The van der Waals surface area contributed by atoms with Crippen LogP contribution in [0.4, 0.5) is 5.69 Å². The topological polar surface area (TPSA) is 55.4 Å². The van der Waals surface area contributed by atoms with E-state index in [2.05, 4.69) is 10.1 Å². The Kier molecular flexibility index (Phi) is 2.13. The third kappa shape index (κ3) is 1.44. The predicted octanol–water partition coefficient (Wildman–Crippen LogP) is 1.45. The number of amides is 1. The molecule has 0 unspecified atom stereocenters. The number of anilines is 1. The summed E-state index contributed by atoms with van der Waals surface area (Å²) in [5.74, 6) is -0.941. The second kappa shape index (κ2) is 3.31. The minimum atomic E-state index is -0.580. The zero-order valence-corrected chi connectivity index (χ0v) is 7.80. The molecule has 0 saturated heterocycles. The highest BCUT2D eigenvalue weighted by molar-refractivity contribution is 6.34. The Morgan fingerprint density at radius 3 is 2.93 bits per heavy atom. The summed E-state index contributed by atoms with van der Waals surface area (Å²) < 4.78 is 4.69. The minimum absolute atomic E-state index is 0.208. The number of halogens is 1. The van der Waals surface area contributed by atoms with Crippen LogP contribution in [0.3, 0.4) is 0 Å². The summed E-state index contributed by atoms with van der Waals surface area (Å²) in [6.07, 6.45) is 0. The van der Waals surface area contributed by atoms with Crippen molar-refractivity contribution in [3.05, 3.63) is 28.8 Å². The highest BCUT2D eigenvalue weighted by Gasteiger charge is 2.22. The third-order valence-corrected chi connectivity index (χ3v) is 2.14. The van der Waals surface area contributed by atoms with Gasteiger partial charge < -0.3 is 10.1 Å². The summed E-state index contributed by atoms with van der Waals surface area (Å²) in [6.45, 7) is -0.274. The van der Waals surface area contributed by atoms with Crippen LogP contribution in [0.25, 0.3) is 0 Å². The van der Waals surface area contributed by atoms with E-state index in [1.165, 1.54) is 0 Å². The molecule has 72 valence electrons. The molecule has 0 fully saturated rings. The van der Waals surface area contributed by atoms with Crippen LogP contribution in [-0.2, 0) is 9.53 Å². The number of benzene rings is 1. The Labute approximate surface area is 84.8 Å². The number of rotatable bonds is 0. The van der Waals surface area contributed by atoms with E-state index in [1.807, 2.05) is 0 Å². The lowest BCUT2D eigenvalue weighted by molar-refractivity contribution is -0.119. The highest BCUT2D eigenvalue weighted by atomic mass is 35.5. The number of nitrogens with one attached hydrogen (secondary N) is 1. The molecule has 4 nitrogen and oxygen atoms in total. The predicted molar refractivity (Wildman–Crippen MR) is 50.4 cm³/mol. The van der Waals surface area contributed by atoms with E-state index in [0.29, 0.717) is 5.69 Å². The normalized spacial score (nSPS) is 15.2. The Balaban J connectivity index is 2.57. The molecule has 0 radical (unpaired) electrons. The van der Waals surface area contributed by atoms with Gasteiger partial charge in [-0.1, -0.05) is 17.7 Å². The van der Waals surface area contributed by atoms with Crippen molar-refractivity contribution < 1.29 is 14.3 Å². The molecule has 0 spiro atoms. The molecular weight excluding hydrogens is 206 g/mol. The lowest BCUT2D eigenvalue weighted by atomic mass is 10.2. The molecule has 1 N–H and O–H groups in total. The Hall–Kier alpha value is -1.55. The average molecular weight is 212 g/mol. The molecular formula is C9H6ClNO3. The molecule has 0 saturated carbocycles. The van der Waals surface area contributed by atoms with E-state index in [0.717, 1.165) is 0 Å². The van der Waals surface area contributed by atoms with E-state index in [1.54, 1.807) is 18.2 Å². The molecule has 0 aromatic heterocycles. The number of hydrogen-bond donors (Lipinski definition) is 1. The number of esters is 1. The second-order valence-electron chi connectivity index (χ2n) is 2.79. The summed E-state index contributed by atoms with van der Waals surface area (Å²) >= 11 is 5.81. The van der Waals surface area contributed by atoms with Crippen LogP contribution in [-0.4, -0.2) is 18.5 Å². The van der Waals surface area contributed by atoms with Crippen molar-refractivity contribution in [2.45, 2.75) is 0 Å². The van der Waals surface area contributed by atoms with Crippen molar-refractivity contribution in [2.24, 2.45) is 0 Å². The summed E-state index contributed by atoms with van der Waals surface area (Å²) in [5.41, 5.74) is 0.602. The number of hydrogen-bond acceptors (Lipinski definition) is 3. The van der Waals surface area contributed by atoms with E-state index in [9.17, 15) is 9.59 Å². The largest absolute Gasteiger partial charge is 0.452 e. The number of carbonyl (C=O) groups is 2. The van der Waals surface area contributed by atoms with E-state index in [4.69, 9.17) is 11.6 Å². The highest BCUT2D eigenvalue weighted by Crippen LogP contribution is 2.26. The number of fused-ring (bicyclic) bond motifs is 1. The first-order valence-corrected chi connectivity index (χ1v) is 4.32. The molecule has 0 atom stereocenters. The van der Waals surface area contributed by atoms with Crippen LogP contribution < -0.4 is 5.32 Å². The summed E-state index contributed by atoms with van der Waals surface area (Å²) in [4.78, 5) is 22.4. The van der Waals surface area contributed by atoms with Gasteiger partial charge in [0.25, 0.3) is 5.91 Å². The molecule has 5 heteroatoms. The standard InChI is InChI=1S/C9H6ClNO3/c10-5-2-1-3-6-8(5)9(13)14-4-7(12)11-6/h1-3H,4H2,(H,11,12). The van der Waals surface area contributed by atoms with Crippen LogP contribution >= 0.6 is 11.6 Å². The maximum absolute atomic E-state index is 11.4. The Morgan fingerprint density at radius 1 is 1.36 bits per heavy atom. The lowest BCUT2D eigenvalue weighted by Crippen LogP contribution is -2.15. The maximum Gasteiger partial charge on any atom is 0.342 e. The third-order valence-electron chi connectivity index (χ3n) is 1.83. The van der Waals surface area contributed by atoms with Crippen LogP contribution in [0.2, 0.25) is 5.02 Å². The summed E-state index contributed by atoms with van der Waals surface area (Å²) in [6, 6.07) is 4.82. The molecule has 0 aliphatic carbocycles. The number of carbonyl (C=O) groups excluding carboxylic acids is 2. The number of cyclic esters (lactones) is 1. The van der Waals surface area contributed by atoms with Crippen LogP contribution in [0.1, 0.15) is 10.4 Å². The van der Waals surface area contributed by atoms with Gasteiger partial charge in [0.2, 0.25) is 0 Å². The molecule has 14 heavy (non-hydrogen) atoms. The van der Waals surface area contributed by atoms with Crippen molar-refractivity contribution in [1.82, 2.24) is 0 Å². The van der Waals surface area contributed by atoms with Crippen molar-refractivity contribution in [3.8, 4) is 0 Å². The van der Waals surface area contributed by atoms with Gasteiger partial charge in [-0.2, -0.15) is 0 Å². The zero-order chi connectivity index (χ0) is 10.1. The van der Waals surface area contributed by atoms with Gasteiger partial charge in [0.1, 0.15) is 5.56 Å². The average Bonchev–Trinajstić information content (AvgIpc) is 2.27.